The van der Waals surface area contributed by atoms with E-state index in [9.17, 15) is 19.7 Å². The van der Waals surface area contributed by atoms with Gasteiger partial charge in [0.05, 0.1) is 11.5 Å². The minimum absolute atomic E-state index is 0.0267. The fraction of sp³-hybridized carbons (Fsp3) is 0.385. The monoisotopic (exact) mass is 295 g/mol. The van der Waals surface area contributed by atoms with Gasteiger partial charge >= 0.3 is 12.0 Å². The summed E-state index contributed by atoms with van der Waals surface area (Å²) >= 11 is 0. The van der Waals surface area contributed by atoms with Crippen LogP contribution >= 0.6 is 0 Å². The lowest BCUT2D eigenvalue weighted by atomic mass is 10.1. The highest BCUT2D eigenvalue weighted by Gasteiger charge is 2.06. The van der Waals surface area contributed by atoms with E-state index in [4.69, 9.17) is 0 Å². The number of hydrogen-bond acceptors (Lipinski definition) is 5. The molecule has 0 bridgehead atoms. The van der Waals surface area contributed by atoms with E-state index in [1.165, 1.54) is 12.1 Å². The van der Waals surface area contributed by atoms with Crippen LogP contribution in [-0.2, 0) is 16.0 Å². The Bertz CT molecular complexity index is 501. The summed E-state index contributed by atoms with van der Waals surface area (Å²) in [4.78, 5) is 32.4. The first kappa shape index (κ1) is 16.4. The fourth-order valence-corrected chi connectivity index (χ4v) is 1.53. The molecule has 0 atom stereocenters. The summed E-state index contributed by atoms with van der Waals surface area (Å²) in [5.41, 5.74) is 0.894. The molecule has 0 spiro atoms. The van der Waals surface area contributed by atoms with Crippen LogP contribution in [0.4, 0.5) is 10.5 Å². The van der Waals surface area contributed by atoms with Crippen molar-refractivity contribution in [3.63, 3.8) is 0 Å². The zero-order valence-electron chi connectivity index (χ0n) is 11.6. The average Bonchev–Trinajstić information content (AvgIpc) is 2.46. The predicted octanol–water partition coefficient (Wildman–Crippen LogP) is 1.000. The molecule has 0 radical (unpaired) electrons. The van der Waals surface area contributed by atoms with Crippen molar-refractivity contribution >= 4 is 17.7 Å². The number of nitrogens with one attached hydrogen (secondary N) is 2. The number of nitrogens with zero attached hydrogens (tertiary/aromatic N) is 1. The molecular formula is C13H17N3O5. The minimum atomic E-state index is -0.497. The van der Waals surface area contributed by atoms with Crippen LogP contribution in [0.1, 0.15) is 12.5 Å². The maximum absolute atomic E-state index is 11.4. The van der Waals surface area contributed by atoms with E-state index >= 15 is 0 Å². The van der Waals surface area contributed by atoms with Gasteiger partial charge in [0.15, 0.2) is 0 Å². The second kappa shape index (κ2) is 8.51. The Labute approximate surface area is 121 Å². The number of urea groups is 1. The van der Waals surface area contributed by atoms with Crippen LogP contribution in [-0.4, -0.2) is 36.6 Å². The Hall–Kier alpha value is -2.64. The van der Waals surface area contributed by atoms with E-state index in [2.05, 4.69) is 15.4 Å². The molecule has 0 aliphatic carbocycles. The second-order valence-electron chi connectivity index (χ2n) is 4.09. The number of nitro benzene ring substituents is 1. The summed E-state index contributed by atoms with van der Waals surface area (Å²) < 4.78 is 4.66. The van der Waals surface area contributed by atoms with Crippen LogP contribution in [0, 0.1) is 10.1 Å². The summed E-state index contributed by atoms with van der Waals surface area (Å²) in [7, 11) is 0. The van der Waals surface area contributed by atoms with Crippen LogP contribution in [0.15, 0.2) is 24.3 Å². The summed E-state index contributed by atoms with van der Waals surface area (Å²) in [6, 6.07) is 5.63. The number of hydrogen-bond donors (Lipinski definition) is 2. The first-order valence-corrected chi connectivity index (χ1v) is 6.43. The van der Waals surface area contributed by atoms with Crippen molar-refractivity contribution in [2.45, 2.75) is 13.3 Å². The number of carbonyl (C=O) groups is 2. The van der Waals surface area contributed by atoms with Crippen molar-refractivity contribution in [1.29, 1.82) is 0 Å². The third-order valence-electron chi connectivity index (χ3n) is 2.54. The summed E-state index contributed by atoms with van der Waals surface area (Å²) in [6.45, 7) is 2.12. The lowest BCUT2D eigenvalue weighted by Crippen LogP contribution is -2.39. The highest BCUT2D eigenvalue weighted by Crippen LogP contribution is 2.11. The number of esters is 1. The van der Waals surface area contributed by atoms with Crippen LogP contribution in [0.25, 0.3) is 0 Å². The number of carbonyl (C=O) groups excluding carboxylic acids is 2. The van der Waals surface area contributed by atoms with Gasteiger partial charge in [0.2, 0.25) is 0 Å². The van der Waals surface area contributed by atoms with Crippen molar-refractivity contribution in [1.82, 2.24) is 10.6 Å². The summed E-state index contributed by atoms with van der Waals surface area (Å²) in [5.74, 6) is -0.497. The fourth-order valence-electron chi connectivity index (χ4n) is 1.53. The largest absolute Gasteiger partial charge is 0.465 e. The quantitative estimate of drug-likeness (QED) is 0.443. The smallest absolute Gasteiger partial charge is 0.325 e. The molecule has 0 aromatic heterocycles. The molecule has 8 heteroatoms. The Morgan fingerprint density at radius 3 is 2.48 bits per heavy atom. The zero-order valence-corrected chi connectivity index (χ0v) is 11.6. The molecule has 0 unspecified atom stereocenters. The highest BCUT2D eigenvalue weighted by molar-refractivity contribution is 5.80. The Morgan fingerprint density at radius 2 is 1.90 bits per heavy atom. The van der Waals surface area contributed by atoms with Crippen LogP contribution in [0.2, 0.25) is 0 Å². The Balaban J connectivity index is 2.25. The second-order valence-corrected chi connectivity index (χ2v) is 4.09. The van der Waals surface area contributed by atoms with Gasteiger partial charge in [0.1, 0.15) is 6.54 Å². The predicted molar refractivity (Wildman–Crippen MR) is 74.8 cm³/mol. The normalized spacial score (nSPS) is 9.76. The lowest BCUT2D eigenvalue weighted by Gasteiger charge is -2.07. The Morgan fingerprint density at radius 1 is 1.24 bits per heavy atom. The van der Waals surface area contributed by atoms with Gasteiger partial charge in [-0.05, 0) is 18.9 Å². The third-order valence-corrected chi connectivity index (χ3v) is 2.54. The molecule has 0 saturated carbocycles. The van der Waals surface area contributed by atoms with Gasteiger partial charge in [-0.3, -0.25) is 14.9 Å². The summed E-state index contributed by atoms with van der Waals surface area (Å²) in [5, 5.41) is 15.4. The van der Waals surface area contributed by atoms with Crippen molar-refractivity contribution < 1.29 is 19.2 Å². The molecule has 0 saturated heterocycles. The van der Waals surface area contributed by atoms with Crippen LogP contribution in [0.5, 0.6) is 0 Å². The summed E-state index contributed by atoms with van der Waals surface area (Å²) in [6.07, 6.45) is 0.533. The van der Waals surface area contributed by atoms with Gasteiger partial charge < -0.3 is 15.4 Å². The molecule has 114 valence electrons. The number of ether oxygens (including phenoxy) is 1. The molecule has 1 aromatic carbocycles. The maximum atomic E-state index is 11.4. The van der Waals surface area contributed by atoms with Gasteiger partial charge in [-0.25, -0.2) is 4.79 Å². The molecule has 0 heterocycles. The lowest BCUT2D eigenvalue weighted by molar-refractivity contribution is -0.384. The van der Waals surface area contributed by atoms with E-state index in [-0.39, 0.29) is 18.8 Å². The zero-order chi connectivity index (χ0) is 15.7. The maximum Gasteiger partial charge on any atom is 0.325 e. The topological polar surface area (TPSA) is 111 Å². The van der Waals surface area contributed by atoms with E-state index in [0.29, 0.717) is 13.0 Å². The number of amides is 2. The molecule has 1 rings (SSSR count). The Kier molecular flexibility index (Phi) is 6.66. The van der Waals surface area contributed by atoms with Gasteiger partial charge in [-0.15, -0.1) is 0 Å². The molecule has 0 aliphatic rings. The van der Waals surface area contributed by atoms with Crippen molar-refractivity contribution in [3.05, 3.63) is 39.9 Å². The molecule has 2 N–H and O–H groups in total. The molecule has 2 amide bonds. The molecule has 0 fully saturated rings. The van der Waals surface area contributed by atoms with Gasteiger partial charge in [-0.1, -0.05) is 12.1 Å². The van der Waals surface area contributed by atoms with Gasteiger partial charge in [0.25, 0.3) is 5.69 Å². The van der Waals surface area contributed by atoms with E-state index in [0.717, 1.165) is 5.56 Å². The van der Waals surface area contributed by atoms with Crippen molar-refractivity contribution in [2.75, 3.05) is 19.7 Å². The molecule has 1 aromatic rings. The molecule has 8 nitrogen and oxygen atoms in total. The van der Waals surface area contributed by atoms with E-state index in [1.54, 1.807) is 19.1 Å². The molecular weight excluding hydrogens is 278 g/mol. The first-order valence-electron chi connectivity index (χ1n) is 6.43. The van der Waals surface area contributed by atoms with Gasteiger partial charge in [0, 0.05) is 18.7 Å². The number of non-ortho nitro benzene ring substituents is 1. The number of benzene rings is 1. The van der Waals surface area contributed by atoms with Crippen molar-refractivity contribution in [2.24, 2.45) is 0 Å². The standard InChI is InChI=1S/C13H17N3O5/c1-2-21-12(17)9-15-13(18)14-8-7-10-3-5-11(6-4-10)16(19)20/h3-6H,2,7-9H2,1H3,(H2,14,15,18). The van der Waals surface area contributed by atoms with Crippen LogP contribution < -0.4 is 10.6 Å². The van der Waals surface area contributed by atoms with Crippen LogP contribution in [0.3, 0.4) is 0 Å². The third kappa shape index (κ3) is 6.37. The SMILES string of the molecule is CCOC(=O)CNC(=O)NCCc1ccc([N+](=O)[O-])cc1. The number of rotatable bonds is 7. The van der Waals surface area contributed by atoms with Gasteiger partial charge in [-0.2, -0.15) is 0 Å². The minimum Gasteiger partial charge on any atom is -0.465 e. The van der Waals surface area contributed by atoms with E-state index in [1.807, 2.05) is 0 Å². The van der Waals surface area contributed by atoms with Crippen molar-refractivity contribution in [3.8, 4) is 0 Å². The average molecular weight is 295 g/mol. The number of nitro groups is 1. The first-order chi connectivity index (χ1) is 10.0. The molecule has 0 aliphatic heterocycles. The highest BCUT2D eigenvalue weighted by atomic mass is 16.6. The molecule has 21 heavy (non-hydrogen) atoms. The van der Waals surface area contributed by atoms with E-state index < -0.39 is 16.9 Å².